The zero-order chi connectivity index (χ0) is 22.7. The molecule has 0 radical (unpaired) electrons. The number of methoxy groups -OCH3 is 1. The number of ether oxygens (including phenoxy) is 1. The Hall–Kier alpha value is -4.11. The smallest absolute Gasteiger partial charge is 0.241 e. The summed E-state index contributed by atoms with van der Waals surface area (Å²) in [7, 11) is 1.56. The molecule has 1 aliphatic heterocycles. The van der Waals surface area contributed by atoms with E-state index in [9.17, 15) is 14.9 Å². The van der Waals surface area contributed by atoms with Gasteiger partial charge in [0.1, 0.15) is 17.1 Å². The van der Waals surface area contributed by atoms with Crippen LogP contribution in [0.25, 0.3) is 0 Å². The zero-order valence-electron chi connectivity index (χ0n) is 17.8. The van der Waals surface area contributed by atoms with Crippen LogP contribution in [0.3, 0.4) is 0 Å². The Morgan fingerprint density at radius 1 is 1.09 bits per heavy atom. The highest BCUT2D eigenvalue weighted by atomic mass is 16.6. The maximum absolute atomic E-state index is 13.6. The third kappa shape index (κ3) is 3.69. The van der Waals surface area contributed by atoms with Crippen LogP contribution in [-0.4, -0.2) is 24.5 Å². The van der Waals surface area contributed by atoms with Crippen molar-refractivity contribution in [2.75, 3.05) is 19.0 Å². The summed E-state index contributed by atoms with van der Waals surface area (Å²) < 4.78 is 5.27. The van der Waals surface area contributed by atoms with Gasteiger partial charge in [-0.15, -0.1) is 0 Å². The van der Waals surface area contributed by atoms with Crippen molar-refractivity contribution >= 4 is 11.6 Å². The number of nitrogens with zero attached hydrogens (tertiary/aromatic N) is 1. The minimum absolute atomic E-state index is 0.322. The summed E-state index contributed by atoms with van der Waals surface area (Å²) >= 11 is 0. The van der Waals surface area contributed by atoms with E-state index in [0.29, 0.717) is 22.6 Å². The van der Waals surface area contributed by atoms with E-state index < -0.39 is 22.8 Å². The molecule has 0 aromatic heterocycles. The largest absolute Gasteiger partial charge is 0.497 e. The second-order valence-electron chi connectivity index (χ2n) is 7.74. The van der Waals surface area contributed by atoms with Gasteiger partial charge < -0.3 is 10.1 Å². The fourth-order valence-electron chi connectivity index (χ4n) is 4.26. The predicted octanol–water partition coefficient (Wildman–Crippen LogP) is 4.19. The maximum atomic E-state index is 13.6. The molecule has 3 aromatic carbocycles. The lowest BCUT2D eigenvalue weighted by Gasteiger charge is -2.32. The Morgan fingerprint density at radius 2 is 1.81 bits per heavy atom. The number of nitro groups is 1. The third-order valence-electron chi connectivity index (χ3n) is 5.77. The van der Waals surface area contributed by atoms with Crippen LogP contribution in [0.15, 0.2) is 72.8 Å². The molecule has 0 fully saturated rings. The highest BCUT2D eigenvalue weighted by Gasteiger charge is 2.55. The van der Waals surface area contributed by atoms with Gasteiger partial charge in [-0.2, -0.15) is 0 Å². The molecule has 32 heavy (non-hydrogen) atoms. The Balaban J connectivity index is 1.97. The molecule has 160 valence electrons. The average molecular weight is 426 g/mol. The van der Waals surface area contributed by atoms with Crippen molar-refractivity contribution < 1.29 is 14.5 Å². The van der Waals surface area contributed by atoms with Crippen LogP contribution < -0.4 is 10.1 Å². The summed E-state index contributed by atoms with van der Waals surface area (Å²) in [5.41, 5.74) is 2.33. The summed E-state index contributed by atoms with van der Waals surface area (Å²) in [6, 6.07) is 22.0. The molecule has 2 atom stereocenters. The number of aryl methyl sites for hydroxylation is 1. The fourth-order valence-corrected chi connectivity index (χ4v) is 4.26. The molecule has 0 saturated carbocycles. The van der Waals surface area contributed by atoms with Crippen molar-refractivity contribution in [3.63, 3.8) is 0 Å². The van der Waals surface area contributed by atoms with Crippen LogP contribution in [0, 0.1) is 34.8 Å². The molecule has 0 aliphatic carbocycles. The Labute approximate surface area is 186 Å². The number of hydrogen-bond donors (Lipinski definition) is 1. The normalized spacial score (nSPS) is 17.5. The van der Waals surface area contributed by atoms with Crippen LogP contribution >= 0.6 is 0 Å². The maximum Gasteiger partial charge on any atom is 0.241 e. The number of anilines is 1. The Kier molecular flexibility index (Phi) is 5.65. The van der Waals surface area contributed by atoms with Crippen molar-refractivity contribution in [3.8, 4) is 17.6 Å². The molecule has 1 heterocycles. The number of fused-ring (bicyclic) bond motifs is 1. The molecular formula is C26H22N2O4. The van der Waals surface area contributed by atoms with E-state index >= 15 is 0 Å². The first-order valence-electron chi connectivity index (χ1n) is 10.2. The summed E-state index contributed by atoms with van der Waals surface area (Å²) in [6.45, 7) is 1.45. The lowest BCUT2D eigenvalue weighted by atomic mass is 9.66. The number of carbonyl (C=O) groups excluding carboxylic acids is 1. The minimum atomic E-state index is -1.33. The van der Waals surface area contributed by atoms with Crippen molar-refractivity contribution in [1.29, 1.82) is 0 Å². The van der Waals surface area contributed by atoms with E-state index in [1.165, 1.54) is 0 Å². The highest BCUT2D eigenvalue weighted by Crippen LogP contribution is 2.48. The van der Waals surface area contributed by atoms with E-state index in [4.69, 9.17) is 4.74 Å². The first-order valence-corrected chi connectivity index (χ1v) is 10.2. The van der Waals surface area contributed by atoms with E-state index in [2.05, 4.69) is 17.2 Å². The van der Waals surface area contributed by atoms with Gasteiger partial charge in [0.05, 0.1) is 7.11 Å². The quantitative estimate of drug-likeness (QED) is 0.377. The Morgan fingerprint density at radius 3 is 2.47 bits per heavy atom. The van der Waals surface area contributed by atoms with Crippen LogP contribution in [0.1, 0.15) is 22.3 Å². The van der Waals surface area contributed by atoms with E-state index in [1.807, 2.05) is 55.5 Å². The molecule has 6 heteroatoms. The number of rotatable bonds is 5. The molecule has 6 nitrogen and oxygen atoms in total. The molecule has 0 bridgehead atoms. The number of benzene rings is 3. The summed E-state index contributed by atoms with van der Waals surface area (Å²) in [5.74, 6) is 5.55. The Bertz CT molecular complexity index is 1230. The van der Waals surface area contributed by atoms with Gasteiger partial charge in [-0.25, -0.2) is 0 Å². The van der Waals surface area contributed by atoms with Crippen molar-refractivity contribution in [2.24, 2.45) is 5.92 Å². The first kappa shape index (κ1) is 21.1. The van der Waals surface area contributed by atoms with Crippen LogP contribution in [0.5, 0.6) is 5.75 Å². The minimum Gasteiger partial charge on any atom is -0.497 e. The summed E-state index contributed by atoms with van der Waals surface area (Å²) in [4.78, 5) is 24.9. The van der Waals surface area contributed by atoms with Gasteiger partial charge in [-0.3, -0.25) is 14.9 Å². The number of nitrogens with one attached hydrogen (secondary N) is 1. The second-order valence-corrected chi connectivity index (χ2v) is 7.74. The zero-order valence-corrected chi connectivity index (χ0v) is 17.8. The number of amides is 1. The third-order valence-corrected chi connectivity index (χ3v) is 5.77. The summed E-state index contributed by atoms with van der Waals surface area (Å²) in [5, 5.41) is 14.7. The second kappa shape index (κ2) is 8.56. The monoisotopic (exact) mass is 426 g/mol. The average Bonchev–Trinajstić information content (AvgIpc) is 3.09. The lowest BCUT2D eigenvalue weighted by Crippen LogP contribution is -2.45. The number of carbonyl (C=O) groups is 1. The van der Waals surface area contributed by atoms with Crippen molar-refractivity contribution in [3.05, 3.63) is 105 Å². The topological polar surface area (TPSA) is 81.5 Å². The molecule has 3 aromatic rings. The van der Waals surface area contributed by atoms with Crippen molar-refractivity contribution in [2.45, 2.75) is 12.3 Å². The molecular weight excluding hydrogens is 404 g/mol. The van der Waals surface area contributed by atoms with Crippen LogP contribution in [0.4, 0.5) is 5.69 Å². The van der Waals surface area contributed by atoms with Gasteiger partial charge in [-0.05, 0) is 48.4 Å². The predicted molar refractivity (Wildman–Crippen MR) is 122 cm³/mol. The van der Waals surface area contributed by atoms with Gasteiger partial charge in [0, 0.05) is 16.2 Å². The van der Waals surface area contributed by atoms with Crippen LogP contribution in [0.2, 0.25) is 0 Å². The number of hydrogen-bond acceptors (Lipinski definition) is 4. The van der Waals surface area contributed by atoms with Crippen LogP contribution in [-0.2, 0) is 10.2 Å². The highest BCUT2D eigenvalue weighted by molar-refractivity contribution is 6.09. The molecule has 1 aliphatic rings. The van der Waals surface area contributed by atoms with Crippen molar-refractivity contribution in [1.82, 2.24) is 0 Å². The summed E-state index contributed by atoms with van der Waals surface area (Å²) in [6.07, 6.45) is 0. The lowest BCUT2D eigenvalue weighted by molar-refractivity contribution is -0.486. The molecule has 1 N–H and O–H groups in total. The fraction of sp³-hybridized carbons (Fsp3) is 0.192. The van der Waals surface area contributed by atoms with E-state index in [-0.39, 0.29) is 5.91 Å². The molecule has 4 rings (SSSR count). The van der Waals surface area contributed by atoms with Gasteiger partial charge in [0.25, 0.3) is 0 Å². The molecule has 0 spiro atoms. The SMILES string of the molecule is COc1ccc([C@@]2([C@@H](C#Cc3ccccc3)C[N+](=O)[O-])C(=O)Nc3ccc(C)cc32)cc1. The van der Waals surface area contributed by atoms with Gasteiger partial charge >= 0.3 is 0 Å². The molecule has 0 saturated heterocycles. The molecule has 1 amide bonds. The first-order chi connectivity index (χ1) is 15.4. The standard InChI is InChI=1S/C26H22N2O4/c1-18-8-15-24-23(16-18)26(25(29)27-24,20-11-13-22(32-2)14-12-20)21(17-28(30)31)10-9-19-6-4-3-5-7-19/h3-8,11-16,21H,17H2,1-2H3,(H,27,29)/t21-,26-/m0/s1. The van der Waals surface area contributed by atoms with E-state index in [1.54, 1.807) is 31.4 Å². The van der Waals surface area contributed by atoms with E-state index in [0.717, 1.165) is 11.1 Å². The molecule has 0 unspecified atom stereocenters. The van der Waals surface area contributed by atoms with Gasteiger partial charge in [0.2, 0.25) is 12.5 Å². The van der Waals surface area contributed by atoms with Gasteiger partial charge in [0.15, 0.2) is 0 Å². The van der Waals surface area contributed by atoms with Gasteiger partial charge in [-0.1, -0.05) is 59.9 Å².